The molecule has 0 saturated carbocycles. The largest absolute Gasteiger partial charge is 0.497 e. The van der Waals surface area contributed by atoms with E-state index in [4.69, 9.17) is 16.3 Å². The molecule has 0 aliphatic rings. The lowest BCUT2D eigenvalue weighted by Crippen LogP contribution is -2.22. The molecule has 0 spiro atoms. The van der Waals surface area contributed by atoms with Gasteiger partial charge in [0, 0.05) is 24.4 Å². The fourth-order valence-corrected chi connectivity index (χ4v) is 3.35. The van der Waals surface area contributed by atoms with Crippen LogP contribution >= 0.6 is 11.6 Å². The van der Waals surface area contributed by atoms with Crippen molar-refractivity contribution in [3.8, 4) is 5.75 Å². The van der Waals surface area contributed by atoms with Crippen molar-refractivity contribution in [2.45, 2.75) is 25.7 Å². The van der Waals surface area contributed by atoms with Crippen molar-refractivity contribution >= 4 is 27.3 Å². The monoisotopic (exact) mass is 396 g/mol. The number of ether oxygens (including phenoxy) is 1. The van der Waals surface area contributed by atoms with Crippen molar-refractivity contribution in [3.63, 3.8) is 0 Å². The molecular formula is C17H21ClN4O3S. The van der Waals surface area contributed by atoms with Crippen LogP contribution in [0.25, 0.3) is 5.65 Å². The zero-order valence-corrected chi connectivity index (χ0v) is 16.6. The van der Waals surface area contributed by atoms with E-state index in [1.807, 2.05) is 19.9 Å². The molecule has 0 aliphatic heterocycles. The Kier molecular flexibility index (Phi) is 6.57. The summed E-state index contributed by atoms with van der Waals surface area (Å²) in [5.74, 6) is 0.639. The smallest absolute Gasteiger partial charge is 0.240 e. The average Bonchev–Trinajstić information content (AvgIpc) is 3.00. The zero-order valence-electron chi connectivity index (χ0n) is 15.0. The molecule has 3 aromatic rings. The van der Waals surface area contributed by atoms with Crippen molar-refractivity contribution in [2.75, 3.05) is 13.7 Å². The summed E-state index contributed by atoms with van der Waals surface area (Å²) in [5.41, 5.74) is 2.66. The number of halogens is 1. The highest BCUT2D eigenvalue weighted by Crippen LogP contribution is 2.16. The Labute approximate surface area is 158 Å². The van der Waals surface area contributed by atoms with E-state index in [2.05, 4.69) is 14.8 Å². The maximum Gasteiger partial charge on any atom is 0.240 e. The number of nitrogens with zero attached hydrogens (tertiary/aromatic N) is 3. The number of hydrogen-bond acceptors (Lipinski definition) is 5. The number of rotatable bonds is 4. The summed E-state index contributed by atoms with van der Waals surface area (Å²) in [5, 5.41) is 4.83. The van der Waals surface area contributed by atoms with Crippen LogP contribution in [0.5, 0.6) is 5.75 Å². The summed E-state index contributed by atoms with van der Waals surface area (Å²) in [6, 6.07) is 8.15. The van der Waals surface area contributed by atoms with Gasteiger partial charge in [0.2, 0.25) is 10.0 Å². The molecule has 2 heterocycles. The number of nitrogens with one attached hydrogen (secondary N) is 1. The highest BCUT2D eigenvalue weighted by atomic mass is 35.5. The van der Waals surface area contributed by atoms with Gasteiger partial charge in [0.15, 0.2) is 5.65 Å². The number of fused-ring (bicyclic) bond motifs is 1. The van der Waals surface area contributed by atoms with Gasteiger partial charge in [0.1, 0.15) is 10.9 Å². The minimum absolute atomic E-state index is 0.250. The van der Waals surface area contributed by atoms with Gasteiger partial charge >= 0.3 is 0 Å². The van der Waals surface area contributed by atoms with Crippen molar-refractivity contribution in [1.82, 2.24) is 19.3 Å². The molecule has 1 N–H and O–H groups in total. The van der Waals surface area contributed by atoms with Crippen LogP contribution < -0.4 is 9.46 Å². The number of methoxy groups -OCH3 is 1. The van der Waals surface area contributed by atoms with E-state index in [-0.39, 0.29) is 4.90 Å². The third-order valence-corrected chi connectivity index (χ3v) is 5.44. The lowest BCUT2D eigenvalue weighted by molar-refractivity contribution is 0.414. The zero-order chi connectivity index (χ0) is 19.3. The molecule has 0 radical (unpaired) electrons. The van der Waals surface area contributed by atoms with Gasteiger partial charge in [-0.1, -0.05) is 18.5 Å². The van der Waals surface area contributed by atoms with E-state index >= 15 is 0 Å². The molecule has 0 fully saturated rings. The summed E-state index contributed by atoms with van der Waals surface area (Å²) >= 11 is 6.00. The molecule has 1 aromatic carbocycles. The molecular weight excluding hydrogens is 376 g/mol. The number of aryl methyl sites for hydroxylation is 2. The second kappa shape index (κ2) is 8.48. The molecule has 2 aromatic heterocycles. The summed E-state index contributed by atoms with van der Waals surface area (Å²) in [6.07, 6.45) is 1.75. The molecule has 0 aliphatic carbocycles. The van der Waals surface area contributed by atoms with E-state index in [0.29, 0.717) is 17.4 Å². The Balaban J connectivity index is 0.000000189. The van der Waals surface area contributed by atoms with Gasteiger partial charge in [-0.25, -0.2) is 22.6 Å². The summed E-state index contributed by atoms with van der Waals surface area (Å²) < 4.78 is 31.9. The van der Waals surface area contributed by atoms with Gasteiger partial charge in [-0.15, -0.1) is 0 Å². The van der Waals surface area contributed by atoms with Crippen LogP contribution in [0.2, 0.25) is 5.15 Å². The second-order valence-electron chi connectivity index (χ2n) is 5.46. The average molecular weight is 397 g/mol. The Morgan fingerprint density at radius 3 is 2.46 bits per heavy atom. The summed E-state index contributed by atoms with van der Waals surface area (Å²) in [4.78, 5) is 4.43. The first-order valence-corrected chi connectivity index (χ1v) is 9.75. The number of sulfonamides is 1. The SMILES string of the molecule is CCNS(=O)(=O)c1ccc(OC)cc1.Cc1cc2ncc(C)c(Cl)n2n1. The quantitative estimate of drug-likeness (QED) is 0.685. The standard InChI is InChI=1S/C9H13NO3S.C8H8ClN3/c1-3-10-14(11,12)9-6-4-8(13-2)5-7-9;1-5-4-10-7-3-6(2)11-12(7)8(5)9/h4-7,10H,3H2,1-2H3;3-4H,1-2H3. The predicted molar refractivity (Wildman–Crippen MR) is 101 cm³/mol. The van der Waals surface area contributed by atoms with E-state index in [0.717, 1.165) is 16.9 Å². The van der Waals surface area contributed by atoms with Crippen molar-refractivity contribution in [3.05, 3.63) is 52.9 Å². The number of aromatic nitrogens is 3. The fourth-order valence-electron chi connectivity index (χ4n) is 2.13. The van der Waals surface area contributed by atoms with Gasteiger partial charge in [-0.05, 0) is 38.1 Å². The van der Waals surface area contributed by atoms with Gasteiger partial charge in [-0.3, -0.25) is 0 Å². The van der Waals surface area contributed by atoms with Gasteiger partial charge in [0.25, 0.3) is 0 Å². The maximum atomic E-state index is 11.5. The minimum atomic E-state index is -3.34. The Morgan fingerprint density at radius 2 is 1.88 bits per heavy atom. The highest BCUT2D eigenvalue weighted by Gasteiger charge is 2.11. The highest BCUT2D eigenvalue weighted by molar-refractivity contribution is 7.89. The third kappa shape index (κ3) is 4.72. The minimum Gasteiger partial charge on any atom is -0.497 e. The summed E-state index contributed by atoms with van der Waals surface area (Å²) in [7, 11) is -1.81. The van der Waals surface area contributed by atoms with Crippen LogP contribution in [0, 0.1) is 13.8 Å². The fraction of sp³-hybridized carbons (Fsp3) is 0.294. The van der Waals surface area contributed by atoms with Crippen LogP contribution in [-0.4, -0.2) is 36.7 Å². The number of hydrogen-bond donors (Lipinski definition) is 1. The van der Waals surface area contributed by atoms with Gasteiger partial charge < -0.3 is 4.74 Å². The van der Waals surface area contributed by atoms with Crippen LogP contribution in [0.4, 0.5) is 0 Å². The normalized spacial score (nSPS) is 11.1. The van der Waals surface area contributed by atoms with Crippen LogP contribution in [0.15, 0.2) is 41.4 Å². The molecule has 9 heteroatoms. The first kappa shape index (κ1) is 20.2. The van der Waals surface area contributed by atoms with Crippen molar-refractivity contribution in [2.24, 2.45) is 0 Å². The molecule has 140 valence electrons. The van der Waals surface area contributed by atoms with Gasteiger partial charge in [0.05, 0.1) is 17.7 Å². The van der Waals surface area contributed by atoms with E-state index < -0.39 is 10.0 Å². The summed E-state index contributed by atoms with van der Waals surface area (Å²) in [6.45, 7) is 5.95. The second-order valence-corrected chi connectivity index (χ2v) is 7.59. The first-order valence-electron chi connectivity index (χ1n) is 7.89. The Bertz CT molecular complexity index is 985. The van der Waals surface area contributed by atoms with Crippen molar-refractivity contribution < 1.29 is 13.2 Å². The number of benzene rings is 1. The van der Waals surface area contributed by atoms with Gasteiger partial charge in [-0.2, -0.15) is 5.10 Å². The molecule has 0 unspecified atom stereocenters. The first-order chi connectivity index (χ1) is 12.3. The molecule has 0 amide bonds. The van der Waals surface area contributed by atoms with Crippen molar-refractivity contribution in [1.29, 1.82) is 0 Å². The predicted octanol–water partition coefficient (Wildman–Crippen LogP) is 2.99. The molecule has 0 atom stereocenters. The molecule has 3 rings (SSSR count). The van der Waals surface area contributed by atoms with E-state index in [1.165, 1.54) is 19.2 Å². The Morgan fingerprint density at radius 1 is 1.23 bits per heavy atom. The topological polar surface area (TPSA) is 85.6 Å². The van der Waals surface area contributed by atoms with Crippen LogP contribution in [-0.2, 0) is 10.0 Å². The van der Waals surface area contributed by atoms with Crippen LogP contribution in [0.1, 0.15) is 18.2 Å². The maximum absolute atomic E-state index is 11.5. The molecule has 7 nitrogen and oxygen atoms in total. The molecule has 26 heavy (non-hydrogen) atoms. The molecule has 0 saturated heterocycles. The third-order valence-electron chi connectivity index (χ3n) is 3.42. The lowest BCUT2D eigenvalue weighted by Gasteiger charge is -2.04. The van der Waals surface area contributed by atoms with E-state index in [9.17, 15) is 8.42 Å². The Hall–Kier alpha value is -2.16. The van der Waals surface area contributed by atoms with Crippen LogP contribution in [0.3, 0.4) is 0 Å². The van der Waals surface area contributed by atoms with E-state index in [1.54, 1.807) is 29.8 Å². The molecule has 0 bridgehead atoms. The lowest BCUT2D eigenvalue weighted by atomic mass is 10.3.